The lowest BCUT2D eigenvalue weighted by molar-refractivity contribution is -0.146. The molecule has 0 atom stereocenters. The predicted molar refractivity (Wildman–Crippen MR) is 95.2 cm³/mol. The van der Waals surface area contributed by atoms with Crippen molar-refractivity contribution in [2.24, 2.45) is 0 Å². The van der Waals surface area contributed by atoms with Crippen molar-refractivity contribution in [2.75, 3.05) is 25.1 Å². The predicted octanol–water partition coefficient (Wildman–Crippen LogP) is 1.94. The maximum Gasteiger partial charge on any atom is 0.308 e. The summed E-state index contributed by atoms with van der Waals surface area (Å²) >= 11 is 0. The lowest BCUT2D eigenvalue weighted by Crippen LogP contribution is -2.26. The van der Waals surface area contributed by atoms with Gasteiger partial charge in [0.1, 0.15) is 0 Å². The van der Waals surface area contributed by atoms with Crippen LogP contribution in [0.1, 0.15) is 32.8 Å². The van der Waals surface area contributed by atoms with Gasteiger partial charge in [-0.25, -0.2) is 0 Å². The highest BCUT2D eigenvalue weighted by Gasteiger charge is 2.38. The van der Waals surface area contributed by atoms with E-state index in [2.05, 4.69) is 25.2 Å². The number of nitrogens with one attached hydrogen (secondary N) is 1. The molecule has 1 heterocycles. The van der Waals surface area contributed by atoms with Crippen LogP contribution in [-0.4, -0.2) is 37.9 Å². The number of ketones is 1. The van der Waals surface area contributed by atoms with E-state index in [-0.39, 0.29) is 36.7 Å². The van der Waals surface area contributed by atoms with Crippen LogP contribution < -0.4 is 10.2 Å². The number of likely N-dealkylation sites (N-methyl/N-ethyl adjacent to an activating group) is 1. The number of para-hydroxylation sites is 1. The van der Waals surface area contributed by atoms with Crippen LogP contribution in [0.2, 0.25) is 0 Å². The zero-order chi connectivity index (χ0) is 18.6. The van der Waals surface area contributed by atoms with Crippen LogP contribution >= 0.6 is 0 Å². The molecule has 0 spiro atoms. The van der Waals surface area contributed by atoms with Gasteiger partial charge < -0.3 is 15.0 Å². The summed E-state index contributed by atoms with van der Waals surface area (Å²) < 4.78 is 4.97. The number of nitrogens with zero attached hydrogens (tertiary/aromatic N) is 1. The maximum atomic E-state index is 12.2. The van der Waals surface area contributed by atoms with E-state index in [4.69, 9.17) is 4.74 Å². The van der Waals surface area contributed by atoms with Gasteiger partial charge in [0, 0.05) is 43.4 Å². The third kappa shape index (κ3) is 4.26. The molecule has 1 aliphatic heterocycles. The maximum absolute atomic E-state index is 12.2. The number of anilines is 1. The molecule has 0 radical (unpaired) electrons. The van der Waals surface area contributed by atoms with Gasteiger partial charge in [0.2, 0.25) is 5.91 Å². The average Bonchev–Trinajstić information content (AvgIpc) is 2.74. The normalized spacial score (nSPS) is 16.5. The molecule has 0 saturated carbocycles. The van der Waals surface area contributed by atoms with Gasteiger partial charge in [-0.15, -0.1) is 0 Å². The number of allylic oxidation sites excluding steroid dienone is 1. The fourth-order valence-corrected chi connectivity index (χ4v) is 3.02. The molecule has 0 bridgehead atoms. The molecule has 134 valence electrons. The smallest absolute Gasteiger partial charge is 0.308 e. The Labute approximate surface area is 147 Å². The van der Waals surface area contributed by atoms with Gasteiger partial charge in [-0.2, -0.15) is 0 Å². The van der Waals surface area contributed by atoms with E-state index in [9.17, 15) is 14.4 Å². The second kappa shape index (κ2) is 7.51. The highest BCUT2D eigenvalue weighted by atomic mass is 16.5. The van der Waals surface area contributed by atoms with Crippen LogP contribution in [0, 0.1) is 0 Å². The van der Waals surface area contributed by atoms with Crippen LogP contribution in [0.4, 0.5) is 5.69 Å². The summed E-state index contributed by atoms with van der Waals surface area (Å²) in [4.78, 5) is 36.5. The first-order valence-corrected chi connectivity index (χ1v) is 8.21. The molecule has 2 rings (SSSR count). The zero-order valence-electron chi connectivity index (χ0n) is 15.1. The first-order chi connectivity index (χ1) is 11.7. The Hall–Kier alpha value is -2.63. The molecule has 1 aromatic rings. The summed E-state index contributed by atoms with van der Waals surface area (Å²) in [6.07, 6.45) is 1.58. The van der Waals surface area contributed by atoms with Gasteiger partial charge in [-0.1, -0.05) is 32.0 Å². The molecule has 0 fully saturated rings. The van der Waals surface area contributed by atoms with Gasteiger partial charge in [0.25, 0.3) is 0 Å². The Morgan fingerprint density at radius 3 is 2.56 bits per heavy atom. The third-order valence-electron chi connectivity index (χ3n) is 4.32. The number of benzene rings is 1. The van der Waals surface area contributed by atoms with Gasteiger partial charge in [0.05, 0.1) is 6.42 Å². The molecular weight excluding hydrogens is 320 g/mol. The number of esters is 1. The third-order valence-corrected chi connectivity index (χ3v) is 4.32. The Morgan fingerprint density at radius 1 is 1.24 bits per heavy atom. The molecule has 0 aliphatic carbocycles. The van der Waals surface area contributed by atoms with Crippen LogP contribution in [0.15, 0.2) is 36.0 Å². The largest absolute Gasteiger partial charge is 0.457 e. The van der Waals surface area contributed by atoms with Crippen molar-refractivity contribution in [3.05, 3.63) is 41.6 Å². The quantitative estimate of drug-likeness (QED) is 0.630. The highest BCUT2D eigenvalue weighted by Crippen LogP contribution is 2.46. The standard InChI is InChI=1S/C19H24N2O4/c1-13(22)20-10-9-18(24)25-12-14(23)11-17-19(2,3)15-7-5-6-8-16(15)21(17)4/h5-8,11H,9-10,12H2,1-4H3,(H,20,22). The molecule has 6 heteroatoms. The number of hydrogen-bond donors (Lipinski definition) is 1. The summed E-state index contributed by atoms with van der Waals surface area (Å²) in [7, 11) is 1.92. The zero-order valence-corrected chi connectivity index (χ0v) is 15.1. The van der Waals surface area contributed by atoms with E-state index in [0.29, 0.717) is 0 Å². The highest BCUT2D eigenvalue weighted by molar-refractivity contribution is 5.94. The molecular formula is C19H24N2O4. The molecule has 1 amide bonds. The first-order valence-electron chi connectivity index (χ1n) is 8.21. The van der Waals surface area contributed by atoms with Gasteiger partial charge in [-0.05, 0) is 11.6 Å². The van der Waals surface area contributed by atoms with Crippen molar-refractivity contribution >= 4 is 23.3 Å². The van der Waals surface area contributed by atoms with E-state index in [1.807, 2.05) is 30.1 Å². The Kier molecular flexibility index (Phi) is 5.62. The first kappa shape index (κ1) is 18.7. The fourth-order valence-electron chi connectivity index (χ4n) is 3.02. The number of fused-ring (bicyclic) bond motifs is 1. The van der Waals surface area contributed by atoms with Crippen molar-refractivity contribution < 1.29 is 19.1 Å². The summed E-state index contributed by atoms with van der Waals surface area (Å²) in [6.45, 7) is 5.40. The van der Waals surface area contributed by atoms with E-state index >= 15 is 0 Å². The number of ether oxygens (including phenoxy) is 1. The van der Waals surface area contributed by atoms with Gasteiger partial charge in [0.15, 0.2) is 12.4 Å². The molecule has 6 nitrogen and oxygen atoms in total. The van der Waals surface area contributed by atoms with Gasteiger partial charge in [-0.3, -0.25) is 14.4 Å². The average molecular weight is 344 g/mol. The Morgan fingerprint density at radius 2 is 1.92 bits per heavy atom. The molecule has 1 N–H and O–H groups in total. The minimum absolute atomic E-state index is 0.0419. The molecule has 25 heavy (non-hydrogen) atoms. The number of carbonyl (C=O) groups is 3. The van der Waals surface area contributed by atoms with E-state index in [0.717, 1.165) is 16.9 Å². The van der Waals surface area contributed by atoms with Gasteiger partial charge >= 0.3 is 5.97 Å². The summed E-state index contributed by atoms with van der Waals surface area (Å²) in [6, 6.07) is 8.02. The fraction of sp³-hybridized carbons (Fsp3) is 0.421. The number of hydrogen-bond acceptors (Lipinski definition) is 5. The van der Waals surface area contributed by atoms with Crippen LogP contribution in [-0.2, 0) is 24.5 Å². The molecule has 1 aliphatic rings. The van der Waals surface area contributed by atoms with Crippen molar-refractivity contribution in [1.29, 1.82) is 0 Å². The minimum atomic E-state index is -0.511. The summed E-state index contributed by atoms with van der Waals surface area (Å²) in [5.74, 6) is -0.988. The van der Waals surface area contributed by atoms with E-state index < -0.39 is 5.97 Å². The number of carbonyl (C=O) groups excluding carboxylic acids is 3. The summed E-state index contributed by atoms with van der Waals surface area (Å²) in [5.41, 5.74) is 2.80. The van der Waals surface area contributed by atoms with E-state index in [1.165, 1.54) is 6.92 Å². The lowest BCUT2D eigenvalue weighted by Gasteiger charge is -2.23. The number of amides is 1. The van der Waals surface area contributed by atoms with Crippen molar-refractivity contribution in [3.8, 4) is 0 Å². The molecule has 0 saturated heterocycles. The molecule has 0 aromatic heterocycles. The number of rotatable bonds is 6. The molecule has 0 unspecified atom stereocenters. The Bertz CT molecular complexity index is 722. The second-order valence-electron chi connectivity index (χ2n) is 6.59. The second-order valence-corrected chi connectivity index (χ2v) is 6.59. The summed E-state index contributed by atoms with van der Waals surface area (Å²) in [5, 5.41) is 2.51. The van der Waals surface area contributed by atoms with Crippen LogP contribution in [0.5, 0.6) is 0 Å². The minimum Gasteiger partial charge on any atom is -0.457 e. The van der Waals surface area contributed by atoms with Crippen molar-refractivity contribution in [1.82, 2.24) is 5.32 Å². The van der Waals surface area contributed by atoms with Crippen molar-refractivity contribution in [3.63, 3.8) is 0 Å². The lowest BCUT2D eigenvalue weighted by atomic mass is 9.83. The van der Waals surface area contributed by atoms with Crippen LogP contribution in [0.25, 0.3) is 0 Å². The van der Waals surface area contributed by atoms with Crippen LogP contribution in [0.3, 0.4) is 0 Å². The Balaban J connectivity index is 1.97. The SMILES string of the molecule is CC(=O)NCCC(=O)OCC(=O)C=C1N(C)c2ccccc2C1(C)C. The molecule has 1 aromatic carbocycles. The monoisotopic (exact) mass is 344 g/mol. The topological polar surface area (TPSA) is 75.7 Å². The van der Waals surface area contributed by atoms with E-state index in [1.54, 1.807) is 6.08 Å². The van der Waals surface area contributed by atoms with Crippen molar-refractivity contribution in [2.45, 2.75) is 32.6 Å².